The van der Waals surface area contributed by atoms with Crippen molar-refractivity contribution in [3.8, 4) is 11.5 Å². The third-order valence-electron chi connectivity index (χ3n) is 2.84. The molecule has 0 radical (unpaired) electrons. The van der Waals surface area contributed by atoms with E-state index in [1.54, 1.807) is 6.07 Å². The zero-order chi connectivity index (χ0) is 15.4. The van der Waals surface area contributed by atoms with Gasteiger partial charge in [-0.05, 0) is 24.6 Å². The maximum Gasteiger partial charge on any atom is 0.387 e. The van der Waals surface area contributed by atoms with Crippen LogP contribution in [0.2, 0.25) is 0 Å². The van der Waals surface area contributed by atoms with Crippen molar-refractivity contribution in [2.75, 3.05) is 13.7 Å². The van der Waals surface area contributed by atoms with Crippen LogP contribution in [-0.4, -0.2) is 32.1 Å². The average Bonchev–Trinajstić information content (AvgIpc) is 2.79. The molecule has 0 aliphatic carbocycles. The first-order valence-corrected chi connectivity index (χ1v) is 6.29. The third kappa shape index (κ3) is 3.39. The highest BCUT2D eigenvalue weighted by Crippen LogP contribution is 2.32. The number of carbonyl (C=O) groups excluding carboxylic acids is 1. The number of aliphatic imine (C=N–C) groups is 1. The first kappa shape index (κ1) is 15.0. The van der Waals surface area contributed by atoms with Gasteiger partial charge in [0.1, 0.15) is 6.04 Å². The van der Waals surface area contributed by atoms with Gasteiger partial charge in [-0.3, -0.25) is 15.1 Å². The average molecular weight is 299 g/mol. The molecule has 8 heteroatoms. The number of methoxy groups -OCH3 is 1. The standard InChI is InChI=1S/C13H15F2N3O3/c1-3-16-13-17-10(11(19)18-13)7-4-5-8(20-2)9(6-7)21-12(14)15/h4-6,10,12H,3H2,1-2H3,(H2,16,17,18,19). The van der Waals surface area contributed by atoms with E-state index < -0.39 is 12.7 Å². The third-order valence-corrected chi connectivity index (χ3v) is 2.84. The molecule has 6 nitrogen and oxygen atoms in total. The monoisotopic (exact) mass is 299 g/mol. The molecule has 0 spiro atoms. The SMILES string of the molecule is CCN=C1NC(=O)C(c2ccc(OC)c(OC(F)F)c2)N1. The van der Waals surface area contributed by atoms with Crippen LogP contribution in [-0.2, 0) is 4.79 Å². The van der Waals surface area contributed by atoms with Gasteiger partial charge in [-0.1, -0.05) is 6.07 Å². The number of hydrogen-bond acceptors (Lipinski definition) is 4. The van der Waals surface area contributed by atoms with Crippen LogP contribution in [0.3, 0.4) is 0 Å². The molecule has 0 bridgehead atoms. The lowest BCUT2D eigenvalue weighted by Crippen LogP contribution is -2.25. The van der Waals surface area contributed by atoms with Crippen LogP contribution in [0.25, 0.3) is 0 Å². The van der Waals surface area contributed by atoms with Crippen molar-refractivity contribution in [3.05, 3.63) is 23.8 Å². The van der Waals surface area contributed by atoms with Gasteiger partial charge >= 0.3 is 6.61 Å². The van der Waals surface area contributed by atoms with Gasteiger partial charge in [-0.2, -0.15) is 8.78 Å². The van der Waals surface area contributed by atoms with Crippen molar-refractivity contribution in [3.63, 3.8) is 0 Å². The lowest BCUT2D eigenvalue weighted by Gasteiger charge is -2.14. The molecule has 114 valence electrons. The summed E-state index contributed by atoms with van der Waals surface area (Å²) in [6.45, 7) is -0.634. The Kier molecular flexibility index (Phi) is 4.56. The second-order valence-corrected chi connectivity index (χ2v) is 4.18. The minimum Gasteiger partial charge on any atom is -0.493 e. The summed E-state index contributed by atoms with van der Waals surface area (Å²) >= 11 is 0. The smallest absolute Gasteiger partial charge is 0.387 e. The molecule has 1 aromatic rings. The number of nitrogens with one attached hydrogen (secondary N) is 2. The van der Waals surface area contributed by atoms with Gasteiger partial charge in [-0.15, -0.1) is 0 Å². The van der Waals surface area contributed by atoms with E-state index in [4.69, 9.17) is 4.74 Å². The molecule has 1 atom stereocenters. The van der Waals surface area contributed by atoms with Crippen molar-refractivity contribution in [2.45, 2.75) is 19.6 Å². The molecule has 1 amide bonds. The number of amides is 1. The number of benzene rings is 1. The van der Waals surface area contributed by atoms with E-state index >= 15 is 0 Å². The van der Waals surface area contributed by atoms with Crippen molar-refractivity contribution in [2.24, 2.45) is 4.99 Å². The van der Waals surface area contributed by atoms with Crippen LogP contribution < -0.4 is 20.1 Å². The predicted molar refractivity (Wildman–Crippen MR) is 71.6 cm³/mol. The Bertz CT molecular complexity index is 564. The van der Waals surface area contributed by atoms with Crippen molar-refractivity contribution in [1.29, 1.82) is 0 Å². The molecule has 1 saturated heterocycles. The van der Waals surface area contributed by atoms with Crippen molar-refractivity contribution in [1.82, 2.24) is 10.6 Å². The van der Waals surface area contributed by atoms with Crippen LogP contribution in [0.5, 0.6) is 11.5 Å². The minimum absolute atomic E-state index is 0.125. The highest BCUT2D eigenvalue weighted by molar-refractivity contribution is 6.06. The van der Waals surface area contributed by atoms with Crippen molar-refractivity contribution < 1.29 is 23.0 Å². The molecular formula is C13H15F2N3O3. The largest absolute Gasteiger partial charge is 0.493 e. The van der Waals surface area contributed by atoms with Crippen LogP contribution in [0.1, 0.15) is 18.5 Å². The molecule has 0 aromatic heterocycles. The number of nitrogens with zero attached hydrogens (tertiary/aromatic N) is 1. The van der Waals surface area contributed by atoms with Crippen LogP contribution >= 0.6 is 0 Å². The summed E-state index contributed by atoms with van der Waals surface area (Å²) < 4.78 is 34.1. The summed E-state index contributed by atoms with van der Waals surface area (Å²) in [6.07, 6.45) is 0. The fourth-order valence-electron chi connectivity index (χ4n) is 1.97. The first-order chi connectivity index (χ1) is 10.0. The lowest BCUT2D eigenvalue weighted by atomic mass is 10.1. The van der Waals surface area contributed by atoms with E-state index in [1.165, 1.54) is 19.2 Å². The van der Waals surface area contributed by atoms with Gasteiger partial charge in [0.25, 0.3) is 5.91 Å². The van der Waals surface area contributed by atoms with E-state index in [-0.39, 0.29) is 17.4 Å². The van der Waals surface area contributed by atoms with E-state index in [0.29, 0.717) is 18.1 Å². The maximum absolute atomic E-state index is 12.4. The maximum atomic E-state index is 12.4. The second-order valence-electron chi connectivity index (χ2n) is 4.18. The fraction of sp³-hybridized carbons (Fsp3) is 0.385. The molecule has 1 aliphatic rings. The molecule has 1 aliphatic heterocycles. The molecule has 1 aromatic carbocycles. The Balaban J connectivity index is 2.28. The second kappa shape index (κ2) is 6.38. The number of carbonyl (C=O) groups is 1. The molecule has 1 fully saturated rings. The van der Waals surface area contributed by atoms with E-state index in [2.05, 4.69) is 20.4 Å². The first-order valence-electron chi connectivity index (χ1n) is 6.29. The quantitative estimate of drug-likeness (QED) is 0.863. The van der Waals surface area contributed by atoms with Gasteiger partial charge in [0.05, 0.1) is 7.11 Å². The summed E-state index contributed by atoms with van der Waals surface area (Å²) in [5.74, 6) is 0.0930. The molecular weight excluding hydrogens is 284 g/mol. The Morgan fingerprint density at radius 3 is 2.76 bits per heavy atom. The Morgan fingerprint density at radius 2 is 2.14 bits per heavy atom. The van der Waals surface area contributed by atoms with Gasteiger partial charge in [0.15, 0.2) is 17.5 Å². The molecule has 0 saturated carbocycles. The highest BCUT2D eigenvalue weighted by atomic mass is 19.3. The number of guanidine groups is 1. The molecule has 1 heterocycles. The summed E-state index contributed by atoms with van der Waals surface area (Å²) in [7, 11) is 1.35. The van der Waals surface area contributed by atoms with Gasteiger partial charge < -0.3 is 14.8 Å². The molecule has 2 N–H and O–H groups in total. The summed E-state index contributed by atoms with van der Waals surface area (Å²) in [6, 6.07) is 3.71. The number of rotatable bonds is 5. The molecule has 21 heavy (non-hydrogen) atoms. The number of hydrogen-bond donors (Lipinski definition) is 2. The Labute approximate surface area is 120 Å². The zero-order valence-corrected chi connectivity index (χ0v) is 11.5. The Hall–Kier alpha value is -2.38. The van der Waals surface area contributed by atoms with Gasteiger partial charge in [-0.25, -0.2) is 0 Å². The normalized spacial score (nSPS) is 19.6. The summed E-state index contributed by atoms with van der Waals surface area (Å²) in [5.41, 5.74) is 0.477. The minimum atomic E-state index is -2.98. The zero-order valence-electron chi connectivity index (χ0n) is 11.5. The van der Waals surface area contributed by atoms with Gasteiger partial charge in [0.2, 0.25) is 0 Å². The van der Waals surface area contributed by atoms with E-state index in [0.717, 1.165) is 0 Å². The number of ether oxygens (including phenoxy) is 2. The number of halogens is 2. The van der Waals surface area contributed by atoms with E-state index in [1.807, 2.05) is 6.92 Å². The van der Waals surface area contributed by atoms with Gasteiger partial charge in [0, 0.05) is 6.54 Å². The number of alkyl halides is 2. The van der Waals surface area contributed by atoms with Crippen LogP contribution in [0, 0.1) is 0 Å². The summed E-state index contributed by atoms with van der Waals surface area (Å²) in [5, 5.41) is 5.45. The highest BCUT2D eigenvalue weighted by Gasteiger charge is 2.30. The predicted octanol–water partition coefficient (Wildman–Crippen LogP) is 1.43. The molecule has 2 rings (SSSR count). The Morgan fingerprint density at radius 1 is 1.38 bits per heavy atom. The summed E-state index contributed by atoms with van der Waals surface area (Å²) in [4.78, 5) is 15.9. The van der Waals surface area contributed by atoms with Crippen LogP contribution in [0.4, 0.5) is 8.78 Å². The fourth-order valence-corrected chi connectivity index (χ4v) is 1.97. The molecule has 1 unspecified atom stereocenters. The topological polar surface area (TPSA) is 72.0 Å². The van der Waals surface area contributed by atoms with Crippen LogP contribution in [0.15, 0.2) is 23.2 Å². The van der Waals surface area contributed by atoms with Crippen molar-refractivity contribution >= 4 is 11.9 Å². The van der Waals surface area contributed by atoms with E-state index in [9.17, 15) is 13.6 Å². The lowest BCUT2D eigenvalue weighted by molar-refractivity contribution is -0.120.